The zero-order valence-electron chi connectivity index (χ0n) is 14.7. The molecule has 3 aromatic rings. The summed E-state index contributed by atoms with van der Waals surface area (Å²) in [5.41, 5.74) is 3.54. The molecule has 0 saturated heterocycles. The number of carbonyl (C=O) groups excluding carboxylic acids is 2. The minimum atomic E-state index is -0.485. The molecule has 0 aliphatic rings. The van der Waals surface area contributed by atoms with Crippen molar-refractivity contribution in [2.45, 2.75) is 13.5 Å². The van der Waals surface area contributed by atoms with Crippen molar-refractivity contribution in [1.29, 1.82) is 0 Å². The van der Waals surface area contributed by atoms with Crippen LogP contribution in [0.4, 0.5) is 0 Å². The topological polar surface area (TPSA) is 72.4 Å². The van der Waals surface area contributed by atoms with E-state index in [0.717, 1.165) is 11.1 Å². The molecule has 6 nitrogen and oxygen atoms in total. The van der Waals surface area contributed by atoms with Crippen molar-refractivity contribution in [2.75, 3.05) is 13.7 Å². The minimum absolute atomic E-state index is 0.155. The van der Waals surface area contributed by atoms with Crippen LogP contribution in [0.3, 0.4) is 0 Å². The summed E-state index contributed by atoms with van der Waals surface area (Å²) < 4.78 is 4.74. The molecule has 6 heteroatoms. The number of esters is 1. The smallest absolute Gasteiger partial charge is 0.325 e. The zero-order chi connectivity index (χ0) is 18.5. The number of benzene rings is 2. The molecule has 0 bridgehead atoms. The van der Waals surface area contributed by atoms with Gasteiger partial charge in [0.25, 0.3) is 5.91 Å². The summed E-state index contributed by atoms with van der Waals surface area (Å²) >= 11 is 0. The number of amides is 1. The highest BCUT2D eigenvalue weighted by molar-refractivity contribution is 5.95. The molecule has 0 spiro atoms. The Morgan fingerprint density at radius 2 is 1.73 bits per heavy atom. The second kappa shape index (κ2) is 7.74. The van der Waals surface area contributed by atoms with E-state index in [0.29, 0.717) is 11.0 Å². The van der Waals surface area contributed by atoms with E-state index in [-0.39, 0.29) is 24.7 Å². The lowest BCUT2D eigenvalue weighted by atomic mass is 10.1. The number of para-hydroxylation sites is 2. The Labute approximate surface area is 151 Å². The largest absolute Gasteiger partial charge is 0.468 e. The van der Waals surface area contributed by atoms with Crippen LogP contribution in [-0.2, 0) is 16.1 Å². The molecule has 2 aromatic carbocycles. The Hall–Kier alpha value is -3.28. The normalized spacial score (nSPS) is 10.5. The number of aryl methyl sites for hydroxylation is 1. The number of hydrogen-bond donors (Lipinski definition) is 0. The van der Waals surface area contributed by atoms with Crippen LogP contribution in [-0.4, -0.2) is 40.4 Å². The Bertz CT molecular complexity index is 956. The molecule has 0 aliphatic carbocycles. The first-order valence-corrected chi connectivity index (χ1v) is 8.21. The first kappa shape index (κ1) is 17.5. The lowest BCUT2D eigenvalue weighted by Crippen LogP contribution is -2.36. The van der Waals surface area contributed by atoms with Gasteiger partial charge in [0.05, 0.1) is 24.3 Å². The van der Waals surface area contributed by atoms with Gasteiger partial charge in [0, 0.05) is 6.54 Å². The van der Waals surface area contributed by atoms with Crippen molar-refractivity contribution in [3.63, 3.8) is 0 Å². The summed E-state index contributed by atoms with van der Waals surface area (Å²) in [6, 6.07) is 15.1. The summed E-state index contributed by atoms with van der Waals surface area (Å²) in [4.78, 5) is 34.9. The van der Waals surface area contributed by atoms with Gasteiger partial charge >= 0.3 is 5.97 Å². The Morgan fingerprint density at radius 1 is 1.04 bits per heavy atom. The third kappa shape index (κ3) is 3.85. The van der Waals surface area contributed by atoms with E-state index in [1.165, 1.54) is 18.2 Å². The van der Waals surface area contributed by atoms with Crippen molar-refractivity contribution in [3.8, 4) is 0 Å². The van der Waals surface area contributed by atoms with Gasteiger partial charge in [-0.25, -0.2) is 4.98 Å². The van der Waals surface area contributed by atoms with Crippen LogP contribution < -0.4 is 0 Å². The molecule has 0 aliphatic heterocycles. The van der Waals surface area contributed by atoms with Gasteiger partial charge in [0.15, 0.2) is 0 Å². The van der Waals surface area contributed by atoms with Crippen LogP contribution in [0.15, 0.2) is 54.7 Å². The fourth-order valence-electron chi connectivity index (χ4n) is 2.64. The average molecular weight is 349 g/mol. The number of ether oxygens (including phenoxy) is 1. The molecule has 3 rings (SSSR count). The SMILES string of the molecule is COC(=O)CN(Cc1ccccc1C)C(=O)c1cnc2ccccc2n1. The molecule has 0 fully saturated rings. The van der Waals surface area contributed by atoms with E-state index in [4.69, 9.17) is 4.74 Å². The fraction of sp³-hybridized carbons (Fsp3) is 0.200. The number of nitrogens with zero attached hydrogens (tertiary/aromatic N) is 3. The monoisotopic (exact) mass is 349 g/mol. The van der Waals surface area contributed by atoms with Gasteiger partial charge in [-0.2, -0.15) is 0 Å². The molecule has 132 valence electrons. The molecule has 0 radical (unpaired) electrons. The molecule has 0 unspecified atom stereocenters. The number of carbonyl (C=O) groups is 2. The molecule has 0 atom stereocenters. The maximum atomic E-state index is 13.0. The first-order chi connectivity index (χ1) is 12.6. The Balaban J connectivity index is 1.92. The summed E-state index contributed by atoms with van der Waals surface area (Å²) in [5.74, 6) is -0.849. The standard InChI is InChI=1S/C20H19N3O3/c1-14-7-3-4-8-15(14)12-23(13-19(24)26-2)20(25)18-11-21-16-9-5-6-10-17(16)22-18/h3-11H,12-13H2,1-2H3. The maximum absolute atomic E-state index is 13.0. The highest BCUT2D eigenvalue weighted by Crippen LogP contribution is 2.14. The predicted molar refractivity (Wildman–Crippen MR) is 97.5 cm³/mol. The lowest BCUT2D eigenvalue weighted by molar-refractivity contribution is -0.141. The van der Waals surface area contributed by atoms with Gasteiger partial charge in [-0.3, -0.25) is 14.6 Å². The number of fused-ring (bicyclic) bond motifs is 1. The van der Waals surface area contributed by atoms with Gasteiger partial charge in [0.2, 0.25) is 0 Å². The highest BCUT2D eigenvalue weighted by Gasteiger charge is 2.22. The second-order valence-corrected chi connectivity index (χ2v) is 5.91. The van der Waals surface area contributed by atoms with Crippen molar-refractivity contribution in [1.82, 2.24) is 14.9 Å². The van der Waals surface area contributed by atoms with E-state index in [1.54, 1.807) is 6.07 Å². The number of rotatable bonds is 5. The Kier molecular flexibility index (Phi) is 5.22. The summed E-state index contributed by atoms with van der Waals surface area (Å²) in [6.45, 7) is 2.10. The van der Waals surface area contributed by atoms with Crippen molar-refractivity contribution in [3.05, 3.63) is 71.5 Å². The Morgan fingerprint density at radius 3 is 2.46 bits per heavy atom. The molecule has 1 aromatic heterocycles. The molecule has 1 heterocycles. The van der Waals surface area contributed by atoms with Gasteiger partial charge in [-0.1, -0.05) is 36.4 Å². The van der Waals surface area contributed by atoms with Crippen LogP contribution >= 0.6 is 0 Å². The minimum Gasteiger partial charge on any atom is -0.468 e. The van der Waals surface area contributed by atoms with Crippen LogP contribution in [0.5, 0.6) is 0 Å². The fourth-order valence-corrected chi connectivity index (χ4v) is 2.64. The first-order valence-electron chi connectivity index (χ1n) is 8.21. The summed E-state index contributed by atoms with van der Waals surface area (Å²) in [7, 11) is 1.30. The van der Waals surface area contributed by atoms with Crippen LogP contribution in [0.25, 0.3) is 11.0 Å². The molecular formula is C20H19N3O3. The van der Waals surface area contributed by atoms with Crippen molar-refractivity contribution >= 4 is 22.9 Å². The van der Waals surface area contributed by atoms with Gasteiger partial charge in [0.1, 0.15) is 12.2 Å². The molecule has 0 N–H and O–H groups in total. The van der Waals surface area contributed by atoms with Gasteiger partial charge < -0.3 is 9.64 Å². The van der Waals surface area contributed by atoms with Gasteiger partial charge in [-0.05, 0) is 30.2 Å². The predicted octanol–water partition coefficient (Wildman–Crippen LogP) is 2.75. The third-order valence-electron chi connectivity index (χ3n) is 4.12. The second-order valence-electron chi connectivity index (χ2n) is 5.91. The van der Waals surface area contributed by atoms with E-state index in [2.05, 4.69) is 9.97 Å². The number of methoxy groups -OCH3 is 1. The molecule has 1 amide bonds. The number of hydrogen-bond acceptors (Lipinski definition) is 5. The van der Waals surface area contributed by atoms with E-state index < -0.39 is 5.97 Å². The zero-order valence-corrected chi connectivity index (χ0v) is 14.7. The third-order valence-corrected chi connectivity index (χ3v) is 4.12. The molecule has 26 heavy (non-hydrogen) atoms. The molecule has 0 saturated carbocycles. The quantitative estimate of drug-likeness (QED) is 0.662. The van der Waals surface area contributed by atoms with Crippen molar-refractivity contribution < 1.29 is 14.3 Å². The highest BCUT2D eigenvalue weighted by atomic mass is 16.5. The summed E-state index contributed by atoms with van der Waals surface area (Å²) in [5, 5.41) is 0. The summed E-state index contributed by atoms with van der Waals surface area (Å²) in [6.07, 6.45) is 1.44. The maximum Gasteiger partial charge on any atom is 0.325 e. The average Bonchev–Trinajstić information content (AvgIpc) is 2.68. The van der Waals surface area contributed by atoms with E-state index >= 15 is 0 Å². The van der Waals surface area contributed by atoms with Gasteiger partial charge in [-0.15, -0.1) is 0 Å². The van der Waals surface area contributed by atoms with Crippen LogP contribution in [0, 0.1) is 6.92 Å². The number of aromatic nitrogens is 2. The van der Waals surface area contributed by atoms with Crippen molar-refractivity contribution in [2.24, 2.45) is 0 Å². The van der Waals surface area contributed by atoms with E-state index in [1.807, 2.05) is 49.4 Å². The van der Waals surface area contributed by atoms with Crippen LogP contribution in [0.1, 0.15) is 21.6 Å². The van der Waals surface area contributed by atoms with Crippen LogP contribution in [0.2, 0.25) is 0 Å². The molecular weight excluding hydrogens is 330 g/mol. The van der Waals surface area contributed by atoms with E-state index in [9.17, 15) is 9.59 Å². The lowest BCUT2D eigenvalue weighted by Gasteiger charge is -2.22.